The number of anilines is 2. The molecule has 0 spiro atoms. The Bertz CT molecular complexity index is 900. The van der Waals surface area contributed by atoms with Gasteiger partial charge in [-0.25, -0.2) is 0 Å². The van der Waals surface area contributed by atoms with Crippen LogP contribution in [0, 0.1) is 0 Å². The van der Waals surface area contributed by atoms with Gasteiger partial charge in [-0.1, -0.05) is 13.8 Å². The Morgan fingerprint density at radius 3 is 1.58 bits per heavy atom. The van der Waals surface area contributed by atoms with Crippen LogP contribution >= 0.6 is 0 Å². The number of nitrogens with zero attached hydrogens (tertiary/aromatic N) is 2. The van der Waals surface area contributed by atoms with E-state index in [-0.39, 0.29) is 24.3 Å². The van der Waals surface area contributed by atoms with Gasteiger partial charge in [0, 0.05) is 48.7 Å². The van der Waals surface area contributed by atoms with E-state index in [4.69, 9.17) is 0 Å². The van der Waals surface area contributed by atoms with Gasteiger partial charge in [0.15, 0.2) is 0 Å². The van der Waals surface area contributed by atoms with Crippen LogP contribution in [-0.2, 0) is 4.79 Å². The van der Waals surface area contributed by atoms with E-state index >= 15 is 0 Å². The van der Waals surface area contributed by atoms with Crippen molar-refractivity contribution in [1.82, 2.24) is 9.80 Å². The summed E-state index contributed by atoms with van der Waals surface area (Å²) in [6.45, 7) is 10.9. The van der Waals surface area contributed by atoms with Gasteiger partial charge in [0.05, 0.1) is 6.54 Å². The largest absolute Gasteiger partial charge is 0.376 e. The number of carbonyl (C=O) groups excluding carboxylic acids is 3. The van der Waals surface area contributed by atoms with Gasteiger partial charge in [-0.05, 0) is 75.2 Å². The van der Waals surface area contributed by atoms with Crippen molar-refractivity contribution in [3.63, 3.8) is 0 Å². The Kier molecular flexibility index (Phi) is 10.4. The number of rotatable bonds is 12. The van der Waals surface area contributed by atoms with Crippen molar-refractivity contribution in [3.05, 3.63) is 59.7 Å². The van der Waals surface area contributed by atoms with Crippen molar-refractivity contribution in [2.45, 2.75) is 40.5 Å². The Morgan fingerprint density at radius 2 is 1.12 bits per heavy atom. The topological polar surface area (TPSA) is 81.8 Å². The fourth-order valence-corrected chi connectivity index (χ4v) is 3.55. The van der Waals surface area contributed by atoms with Crippen LogP contribution in [-0.4, -0.2) is 60.2 Å². The number of hydrogen-bond acceptors (Lipinski definition) is 4. The van der Waals surface area contributed by atoms with Gasteiger partial charge in [-0.15, -0.1) is 0 Å². The molecule has 7 nitrogen and oxygen atoms in total. The third-order valence-electron chi connectivity index (χ3n) is 5.33. The van der Waals surface area contributed by atoms with Crippen molar-refractivity contribution < 1.29 is 14.4 Å². The minimum atomic E-state index is -0.198. The van der Waals surface area contributed by atoms with Crippen LogP contribution in [0.2, 0.25) is 0 Å². The minimum Gasteiger partial charge on any atom is -0.376 e. The van der Waals surface area contributed by atoms with E-state index in [9.17, 15) is 14.4 Å². The Hall–Kier alpha value is -3.35. The lowest BCUT2D eigenvalue weighted by Crippen LogP contribution is -2.32. The molecule has 3 amide bonds. The molecule has 2 N–H and O–H groups in total. The average molecular weight is 453 g/mol. The van der Waals surface area contributed by atoms with E-state index in [0.717, 1.165) is 31.6 Å². The predicted octanol–water partition coefficient (Wildman–Crippen LogP) is 4.48. The molecule has 0 heterocycles. The van der Waals surface area contributed by atoms with E-state index < -0.39 is 0 Å². The first kappa shape index (κ1) is 25.9. The molecule has 2 aromatic carbocycles. The van der Waals surface area contributed by atoms with Crippen LogP contribution in [0.15, 0.2) is 48.5 Å². The highest BCUT2D eigenvalue weighted by atomic mass is 16.2. The molecule has 0 saturated heterocycles. The molecule has 0 aliphatic rings. The monoisotopic (exact) mass is 452 g/mol. The normalized spacial score (nSPS) is 10.4. The quantitative estimate of drug-likeness (QED) is 0.497. The lowest BCUT2D eigenvalue weighted by Gasteiger charge is -2.21. The minimum absolute atomic E-state index is 0.00118. The fourth-order valence-electron chi connectivity index (χ4n) is 3.55. The predicted molar refractivity (Wildman–Crippen MR) is 134 cm³/mol. The zero-order valence-corrected chi connectivity index (χ0v) is 20.2. The summed E-state index contributed by atoms with van der Waals surface area (Å²) in [6.07, 6.45) is 1.84. The number of benzene rings is 2. The highest BCUT2D eigenvalue weighted by molar-refractivity contribution is 5.97. The van der Waals surface area contributed by atoms with Gasteiger partial charge >= 0.3 is 0 Å². The number of carbonyl (C=O) groups is 3. The van der Waals surface area contributed by atoms with Crippen molar-refractivity contribution in [2.75, 3.05) is 43.4 Å². The molecule has 0 fully saturated rings. The van der Waals surface area contributed by atoms with E-state index in [0.29, 0.717) is 29.9 Å². The number of hydrogen-bond donors (Lipinski definition) is 2. The highest BCUT2D eigenvalue weighted by Crippen LogP contribution is 2.14. The molecule has 0 aromatic heterocycles. The van der Waals surface area contributed by atoms with Crippen LogP contribution in [0.25, 0.3) is 0 Å². The van der Waals surface area contributed by atoms with Crippen molar-refractivity contribution in [2.24, 2.45) is 0 Å². The van der Waals surface area contributed by atoms with Crippen LogP contribution in [0.5, 0.6) is 0 Å². The SMILES string of the molecule is CCCN(CCC)C(=O)c1ccc(NC(=O)CNc2ccc(C(=O)N(CC)CC)cc2)cc1. The third-order valence-corrected chi connectivity index (χ3v) is 5.33. The molecule has 0 bridgehead atoms. The molecule has 0 atom stereocenters. The van der Waals surface area contributed by atoms with E-state index in [1.54, 1.807) is 53.4 Å². The molecule has 2 rings (SSSR count). The average Bonchev–Trinajstić information content (AvgIpc) is 2.83. The summed E-state index contributed by atoms with van der Waals surface area (Å²) in [6, 6.07) is 14.1. The Balaban J connectivity index is 1.88. The molecule has 0 radical (unpaired) electrons. The fraction of sp³-hybridized carbons (Fsp3) is 0.423. The maximum Gasteiger partial charge on any atom is 0.253 e. The summed E-state index contributed by atoms with van der Waals surface area (Å²) in [7, 11) is 0. The summed E-state index contributed by atoms with van der Waals surface area (Å²) >= 11 is 0. The van der Waals surface area contributed by atoms with Crippen LogP contribution < -0.4 is 10.6 Å². The molecular formula is C26H36N4O3. The molecule has 0 unspecified atom stereocenters. The van der Waals surface area contributed by atoms with Crippen LogP contribution in [0.4, 0.5) is 11.4 Å². The maximum atomic E-state index is 12.7. The number of amides is 3. The van der Waals surface area contributed by atoms with Gasteiger partial charge in [-0.2, -0.15) is 0 Å². The second kappa shape index (κ2) is 13.3. The first-order valence-electron chi connectivity index (χ1n) is 11.8. The summed E-state index contributed by atoms with van der Waals surface area (Å²) in [4.78, 5) is 41.0. The Labute approximate surface area is 197 Å². The molecule has 2 aromatic rings. The summed E-state index contributed by atoms with van der Waals surface area (Å²) < 4.78 is 0. The van der Waals surface area contributed by atoms with Crippen molar-refractivity contribution >= 4 is 29.1 Å². The summed E-state index contributed by atoms with van der Waals surface area (Å²) in [5, 5.41) is 5.89. The molecule has 0 aliphatic heterocycles. The second-order valence-corrected chi connectivity index (χ2v) is 7.83. The first-order valence-corrected chi connectivity index (χ1v) is 11.8. The zero-order valence-electron chi connectivity index (χ0n) is 20.2. The van der Waals surface area contributed by atoms with Crippen molar-refractivity contribution in [1.29, 1.82) is 0 Å². The van der Waals surface area contributed by atoms with Crippen molar-refractivity contribution in [3.8, 4) is 0 Å². The molecule has 0 aliphatic carbocycles. The van der Waals surface area contributed by atoms with Gasteiger partial charge in [0.1, 0.15) is 0 Å². The van der Waals surface area contributed by atoms with Gasteiger partial charge < -0.3 is 20.4 Å². The van der Waals surface area contributed by atoms with Gasteiger partial charge in [0.25, 0.3) is 11.8 Å². The summed E-state index contributed by atoms with van der Waals surface area (Å²) in [5.41, 5.74) is 2.64. The van der Waals surface area contributed by atoms with Gasteiger partial charge in [0.2, 0.25) is 5.91 Å². The Morgan fingerprint density at radius 1 is 0.667 bits per heavy atom. The van der Waals surface area contributed by atoms with E-state index in [1.165, 1.54) is 0 Å². The third kappa shape index (κ3) is 7.63. The summed E-state index contributed by atoms with van der Waals surface area (Å²) in [5.74, 6) is -0.184. The van der Waals surface area contributed by atoms with Crippen LogP contribution in [0.3, 0.4) is 0 Å². The maximum absolute atomic E-state index is 12.7. The van der Waals surface area contributed by atoms with E-state index in [2.05, 4.69) is 24.5 Å². The van der Waals surface area contributed by atoms with Crippen LogP contribution in [0.1, 0.15) is 61.3 Å². The lowest BCUT2D eigenvalue weighted by molar-refractivity contribution is -0.114. The highest BCUT2D eigenvalue weighted by Gasteiger charge is 2.14. The zero-order chi connectivity index (χ0) is 24.2. The molecule has 33 heavy (non-hydrogen) atoms. The number of nitrogens with one attached hydrogen (secondary N) is 2. The first-order chi connectivity index (χ1) is 15.9. The molecule has 0 saturated carbocycles. The van der Waals surface area contributed by atoms with Gasteiger partial charge in [-0.3, -0.25) is 14.4 Å². The molecular weight excluding hydrogens is 416 g/mol. The lowest BCUT2D eigenvalue weighted by atomic mass is 10.1. The second-order valence-electron chi connectivity index (χ2n) is 7.83. The smallest absolute Gasteiger partial charge is 0.253 e. The van der Waals surface area contributed by atoms with E-state index in [1.807, 2.05) is 18.7 Å². The standard InChI is InChI=1S/C26H36N4O3/c1-5-17-30(18-6-2)26(33)21-11-15-23(16-12-21)28-24(31)19-27-22-13-9-20(10-14-22)25(32)29(7-3)8-4/h9-16,27H,5-8,17-19H2,1-4H3,(H,28,31). The molecule has 178 valence electrons. The molecule has 7 heteroatoms.